The Hall–Kier alpha value is -1.73. The van der Waals surface area contributed by atoms with E-state index in [1.807, 2.05) is 0 Å². The number of halogens is 4. The van der Waals surface area contributed by atoms with Crippen LogP contribution in [0, 0.1) is 11.3 Å². The number of anilines is 1. The van der Waals surface area contributed by atoms with Crippen molar-refractivity contribution in [2.45, 2.75) is 11.3 Å². The van der Waals surface area contributed by atoms with Gasteiger partial charge in [0.25, 0.3) is 9.05 Å². The number of nitrogens with two attached hydrogens (primary N) is 1. The molecule has 0 unspecified atom stereocenters. The van der Waals surface area contributed by atoms with Crippen molar-refractivity contribution in [2.24, 2.45) is 0 Å². The minimum atomic E-state index is -5.15. The second kappa shape index (κ2) is 4.51. The van der Waals surface area contributed by atoms with Crippen LogP contribution in [0.2, 0.25) is 0 Å². The molecular weight excluding hydrogens is 299 g/mol. The molecule has 0 aromatic carbocycles. The van der Waals surface area contributed by atoms with Gasteiger partial charge in [-0.05, 0) is 0 Å². The summed E-state index contributed by atoms with van der Waals surface area (Å²) in [5, 5.41) is 8.65. The van der Waals surface area contributed by atoms with Gasteiger partial charge in [-0.25, -0.2) is 8.42 Å². The average Bonchev–Trinajstić information content (AvgIpc) is 2.12. The first-order valence-electron chi connectivity index (χ1n) is 3.95. The Balaban J connectivity index is 3.55. The number of alkyl halides is 3. The fourth-order valence-electron chi connectivity index (χ4n) is 0.996. The molecule has 1 aromatic heterocycles. The van der Waals surface area contributed by atoms with Crippen molar-refractivity contribution in [3.63, 3.8) is 0 Å². The van der Waals surface area contributed by atoms with Crippen LogP contribution in [0.25, 0.3) is 0 Å². The largest absolute Gasteiger partial charge is 0.574 e. The van der Waals surface area contributed by atoms with E-state index in [1.54, 1.807) is 0 Å². The van der Waals surface area contributed by atoms with Crippen LogP contribution < -0.4 is 10.5 Å². The van der Waals surface area contributed by atoms with Crippen molar-refractivity contribution in [2.75, 3.05) is 5.73 Å². The van der Waals surface area contributed by atoms with Crippen molar-refractivity contribution < 1.29 is 26.3 Å². The summed E-state index contributed by atoms with van der Waals surface area (Å²) < 4.78 is 61.6. The molecular formula is C7H3ClF3N3O3S. The number of nitrogen functional groups attached to an aromatic ring is 1. The topological polar surface area (TPSA) is 106 Å². The third-order valence-corrected chi connectivity index (χ3v) is 2.90. The molecule has 1 aromatic rings. The zero-order valence-electron chi connectivity index (χ0n) is 8.19. The number of aromatic nitrogens is 1. The zero-order chi connectivity index (χ0) is 14.1. The lowest BCUT2D eigenvalue weighted by Crippen LogP contribution is -2.19. The predicted molar refractivity (Wildman–Crippen MR) is 53.1 cm³/mol. The highest BCUT2D eigenvalue weighted by atomic mass is 35.7. The number of rotatable bonds is 2. The summed E-state index contributed by atoms with van der Waals surface area (Å²) in [6.45, 7) is 0. The van der Waals surface area contributed by atoms with Gasteiger partial charge in [-0.2, -0.15) is 10.2 Å². The summed E-state index contributed by atoms with van der Waals surface area (Å²) >= 11 is 0. The van der Waals surface area contributed by atoms with E-state index in [2.05, 4.69) is 9.72 Å². The number of pyridine rings is 1. The normalized spacial score (nSPS) is 11.9. The molecule has 0 atom stereocenters. The molecule has 1 rings (SSSR count). The van der Waals surface area contributed by atoms with Gasteiger partial charge in [-0.3, -0.25) is 0 Å². The number of nitrogens with zero attached hydrogens (tertiary/aromatic N) is 2. The summed E-state index contributed by atoms with van der Waals surface area (Å²) in [6.07, 6.45) is -5.15. The van der Waals surface area contributed by atoms with Gasteiger partial charge in [0.15, 0.2) is 0 Å². The van der Waals surface area contributed by atoms with Gasteiger partial charge < -0.3 is 10.5 Å². The molecule has 0 aliphatic carbocycles. The molecule has 6 nitrogen and oxygen atoms in total. The van der Waals surface area contributed by atoms with Crippen molar-refractivity contribution in [3.8, 4) is 11.9 Å². The van der Waals surface area contributed by atoms with Crippen molar-refractivity contribution in [3.05, 3.63) is 11.6 Å². The zero-order valence-corrected chi connectivity index (χ0v) is 9.77. The summed E-state index contributed by atoms with van der Waals surface area (Å²) in [5.41, 5.74) is 4.13. The van der Waals surface area contributed by atoms with E-state index in [0.29, 0.717) is 6.07 Å². The third-order valence-electron chi connectivity index (χ3n) is 1.56. The van der Waals surface area contributed by atoms with Gasteiger partial charge in [0.1, 0.15) is 22.3 Å². The van der Waals surface area contributed by atoms with E-state index in [0.717, 1.165) is 0 Å². The Morgan fingerprint density at radius 1 is 1.50 bits per heavy atom. The van der Waals surface area contributed by atoms with E-state index in [9.17, 15) is 21.6 Å². The van der Waals surface area contributed by atoms with E-state index in [4.69, 9.17) is 21.7 Å². The number of hydrogen-bond acceptors (Lipinski definition) is 6. The average molecular weight is 302 g/mol. The van der Waals surface area contributed by atoms with Gasteiger partial charge in [-0.1, -0.05) is 0 Å². The highest BCUT2D eigenvalue weighted by molar-refractivity contribution is 8.13. The number of hydrogen-bond donors (Lipinski definition) is 1. The Labute approximate surface area is 103 Å². The van der Waals surface area contributed by atoms with Crippen LogP contribution >= 0.6 is 10.7 Å². The highest BCUT2D eigenvalue weighted by Gasteiger charge is 2.35. The van der Waals surface area contributed by atoms with E-state index in [-0.39, 0.29) is 0 Å². The first-order chi connectivity index (χ1) is 8.04. The second-order valence-electron chi connectivity index (χ2n) is 2.82. The molecule has 18 heavy (non-hydrogen) atoms. The van der Waals surface area contributed by atoms with Crippen LogP contribution in [0.5, 0.6) is 5.88 Å². The molecule has 0 spiro atoms. The SMILES string of the molecule is N#Cc1c(S(=O)(=O)Cl)cc(N)nc1OC(F)(F)F. The number of nitriles is 1. The van der Waals surface area contributed by atoms with Gasteiger partial charge in [0, 0.05) is 16.7 Å². The molecule has 0 radical (unpaired) electrons. The quantitative estimate of drug-likeness (QED) is 0.827. The lowest BCUT2D eigenvalue weighted by molar-refractivity contribution is -0.276. The lowest BCUT2D eigenvalue weighted by atomic mass is 10.3. The molecule has 0 bridgehead atoms. The maximum Gasteiger partial charge on any atom is 0.574 e. The summed E-state index contributed by atoms with van der Waals surface area (Å²) in [4.78, 5) is 2.19. The van der Waals surface area contributed by atoms with Crippen LogP contribution in [-0.4, -0.2) is 19.8 Å². The molecule has 11 heteroatoms. The summed E-state index contributed by atoms with van der Waals surface area (Å²) in [7, 11) is 0.495. The smallest absolute Gasteiger partial charge is 0.386 e. The van der Waals surface area contributed by atoms with Crippen molar-refractivity contribution in [1.29, 1.82) is 5.26 Å². The molecule has 0 aliphatic rings. The molecule has 2 N–H and O–H groups in total. The van der Waals surface area contributed by atoms with Crippen LogP contribution in [0.15, 0.2) is 11.0 Å². The van der Waals surface area contributed by atoms with Gasteiger partial charge in [-0.15, -0.1) is 13.2 Å². The summed E-state index contributed by atoms with van der Waals surface area (Å²) in [6, 6.07) is 1.87. The van der Waals surface area contributed by atoms with E-state index < -0.39 is 37.6 Å². The lowest BCUT2D eigenvalue weighted by Gasteiger charge is -2.11. The van der Waals surface area contributed by atoms with Crippen LogP contribution in [0.1, 0.15) is 5.56 Å². The molecule has 1 heterocycles. The molecule has 0 amide bonds. The second-order valence-corrected chi connectivity index (χ2v) is 5.36. The van der Waals surface area contributed by atoms with Crippen LogP contribution in [0.3, 0.4) is 0 Å². The van der Waals surface area contributed by atoms with Crippen LogP contribution in [0.4, 0.5) is 19.0 Å². The van der Waals surface area contributed by atoms with Gasteiger partial charge in [0.05, 0.1) is 0 Å². The van der Waals surface area contributed by atoms with Crippen molar-refractivity contribution in [1.82, 2.24) is 4.98 Å². The first-order valence-corrected chi connectivity index (χ1v) is 6.26. The fraction of sp³-hybridized carbons (Fsp3) is 0.143. The maximum atomic E-state index is 12.0. The minimum absolute atomic E-state index is 0.590. The van der Waals surface area contributed by atoms with E-state index >= 15 is 0 Å². The molecule has 0 saturated heterocycles. The van der Waals surface area contributed by atoms with Crippen molar-refractivity contribution >= 4 is 25.6 Å². The Morgan fingerprint density at radius 2 is 2.06 bits per heavy atom. The number of ether oxygens (including phenoxy) is 1. The first kappa shape index (κ1) is 14.3. The molecule has 0 aliphatic heterocycles. The molecule has 98 valence electrons. The summed E-state index contributed by atoms with van der Waals surface area (Å²) in [5.74, 6) is -1.86. The molecule has 0 fully saturated rings. The predicted octanol–water partition coefficient (Wildman–Crippen LogP) is 1.36. The minimum Gasteiger partial charge on any atom is -0.386 e. The van der Waals surface area contributed by atoms with Crippen LogP contribution in [-0.2, 0) is 9.05 Å². The Morgan fingerprint density at radius 3 is 2.44 bits per heavy atom. The Kier molecular flexibility index (Phi) is 3.59. The highest BCUT2D eigenvalue weighted by Crippen LogP contribution is 2.31. The Bertz CT molecular complexity index is 623. The van der Waals surface area contributed by atoms with Gasteiger partial charge in [0.2, 0.25) is 5.88 Å². The third kappa shape index (κ3) is 3.38. The monoisotopic (exact) mass is 301 g/mol. The maximum absolute atomic E-state index is 12.0. The standard InChI is InChI=1S/C7H3ClF3N3O3S/c8-18(15,16)4-1-5(13)14-6(3(4)2-12)17-7(9,10)11/h1H,(H2,13,14). The molecule has 0 saturated carbocycles. The van der Waals surface area contributed by atoms with Gasteiger partial charge >= 0.3 is 6.36 Å². The van der Waals surface area contributed by atoms with E-state index in [1.165, 1.54) is 6.07 Å². The fourth-order valence-corrected chi connectivity index (χ4v) is 2.00.